The number of aromatic nitrogens is 3. The van der Waals surface area contributed by atoms with Gasteiger partial charge in [0.1, 0.15) is 6.54 Å². The second-order valence-corrected chi connectivity index (χ2v) is 4.54. The monoisotopic (exact) mass is 287 g/mol. The Morgan fingerprint density at radius 1 is 1.24 bits per heavy atom. The standard InChI is InChI=1S/C14H17N5O2/c15-8-4-7-12-9-19(18-17-12)10-13(20)16-14(21)11-5-2-1-3-6-11/h1-3,5-6,9H,4,7-8,10,15H2,(H,16,20,21). The lowest BCUT2D eigenvalue weighted by molar-refractivity contribution is -0.120. The first-order chi connectivity index (χ1) is 10.2. The number of nitrogens with two attached hydrogens (primary N) is 1. The number of aryl methyl sites for hydroxylation is 1. The zero-order valence-electron chi connectivity index (χ0n) is 11.5. The van der Waals surface area contributed by atoms with Gasteiger partial charge in [0.25, 0.3) is 5.91 Å². The molecule has 1 aromatic carbocycles. The van der Waals surface area contributed by atoms with Gasteiger partial charge >= 0.3 is 0 Å². The summed E-state index contributed by atoms with van der Waals surface area (Å²) in [5.74, 6) is -0.858. The van der Waals surface area contributed by atoms with Crippen molar-refractivity contribution in [3.05, 3.63) is 47.8 Å². The second-order valence-electron chi connectivity index (χ2n) is 4.54. The molecule has 0 fully saturated rings. The Bertz CT molecular complexity index is 609. The predicted octanol–water partition coefficient (Wildman–Crippen LogP) is 0.126. The smallest absolute Gasteiger partial charge is 0.257 e. The molecular formula is C14H17N5O2. The molecule has 21 heavy (non-hydrogen) atoms. The number of hydrogen-bond acceptors (Lipinski definition) is 5. The first-order valence-electron chi connectivity index (χ1n) is 6.67. The largest absolute Gasteiger partial charge is 0.330 e. The van der Waals surface area contributed by atoms with E-state index in [0.29, 0.717) is 12.1 Å². The van der Waals surface area contributed by atoms with E-state index in [1.54, 1.807) is 36.5 Å². The molecule has 0 bridgehead atoms. The highest BCUT2D eigenvalue weighted by Gasteiger charge is 2.11. The van der Waals surface area contributed by atoms with Gasteiger partial charge in [-0.3, -0.25) is 14.9 Å². The van der Waals surface area contributed by atoms with Gasteiger partial charge in [-0.1, -0.05) is 23.4 Å². The first kappa shape index (κ1) is 14.9. The SMILES string of the molecule is NCCCc1cn(CC(=O)NC(=O)c2ccccc2)nn1. The van der Waals surface area contributed by atoms with Crippen molar-refractivity contribution in [1.82, 2.24) is 20.3 Å². The highest BCUT2D eigenvalue weighted by Crippen LogP contribution is 1.99. The van der Waals surface area contributed by atoms with E-state index >= 15 is 0 Å². The third-order valence-electron chi connectivity index (χ3n) is 2.82. The molecule has 7 heteroatoms. The van der Waals surface area contributed by atoms with Crippen LogP contribution in [0.5, 0.6) is 0 Å². The Morgan fingerprint density at radius 3 is 2.71 bits per heavy atom. The lowest BCUT2D eigenvalue weighted by Gasteiger charge is -2.03. The zero-order valence-corrected chi connectivity index (χ0v) is 11.5. The number of nitrogens with one attached hydrogen (secondary N) is 1. The third-order valence-corrected chi connectivity index (χ3v) is 2.82. The van der Waals surface area contributed by atoms with E-state index in [1.807, 2.05) is 0 Å². The molecule has 2 rings (SSSR count). The summed E-state index contributed by atoms with van der Waals surface area (Å²) < 4.78 is 1.40. The molecule has 2 amide bonds. The number of benzene rings is 1. The van der Waals surface area contributed by atoms with Crippen molar-refractivity contribution in [3.8, 4) is 0 Å². The summed E-state index contributed by atoms with van der Waals surface area (Å²) in [6.07, 6.45) is 3.22. The van der Waals surface area contributed by atoms with Crippen molar-refractivity contribution in [2.24, 2.45) is 5.73 Å². The van der Waals surface area contributed by atoms with Crippen molar-refractivity contribution in [2.45, 2.75) is 19.4 Å². The summed E-state index contributed by atoms with van der Waals surface area (Å²) in [5.41, 5.74) is 6.64. The van der Waals surface area contributed by atoms with Gasteiger partial charge in [-0.2, -0.15) is 0 Å². The number of carbonyl (C=O) groups is 2. The maximum atomic E-state index is 11.8. The first-order valence-corrected chi connectivity index (χ1v) is 6.67. The van der Waals surface area contributed by atoms with Gasteiger partial charge in [0.15, 0.2) is 0 Å². The van der Waals surface area contributed by atoms with E-state index < -0.39 is 11.8 Å². The molecular weight excluding hydrogens is 270 g/mol. The molecule has 0 aliphatic rings. The zero-order chi connectivity index (χ0) is 15.1. The molecule has 0 saturated heterocycles. The average molecular weight is 287 g/mol. The van der Waals surface area contributed by atoms with Crippen molar-refractivity contribution in [1.29, 1.82) is 0 Å². The fourth-order valence-electron chi connectivity index (χ4n) is 1.79. The summed E-state index contributed by atoms with van der Waals surface area (Å²) in [6.45, 7) is 0.535. The van der Waals surface area contributed by atoms with E-state index in [9.17, 15) is 9.59 Å². The predicted molar refractivity (Wildman–Crippen MR) is 76.3 cm³/mol. The Kier molecular flexibility index (Phi) is 5.16. The summed E-state index contributed by atoms with van der Waals surface area (Å²) in [4.78, 5) is 23.6. The quantitative estimate of drug-likeness (QED) is 0.786. The van der Waals surface area contributed by atoms with Gasteiger partial charge in [0.05, 0.1) is 5.69 Å². The molecule has 1 aromatic heterocycles. The van der Waals surface area contributed by atoms with Crippen LogP contribution in [0, 0.1) is 0 Å². The van der Waals surface area contributed by atoms with Crippen LogP contribution in [0.15, 0.2) is 36.5 Å². The fraction of sp³-hybridized carbons (Fsp3) is 0.286. The number of hydrogen-bond donors (Lipinski definition) is 2. The molecule has 7 nitrogen and oxygen atoms in total. The number of rotatable bonds is 6. The van der Waals surface area contributed by atoms with Crippen molar-refractivity contribution in [3.63, 3.8) is 0 Å². The fourth-order valence-corrected chi connectivity index (χ4v) is 1.79. The third kappa shape index (κ3) is 4.50. The Balaban J connectivity index is 1.87. The van der Waals surface area contributed by atoms with Crippen LogP contribution < -0.4 is 11.1 Å². The van der Waals surface area contributed by atoms with Crippen LogP contribution in [0.3, 0.4) is 0 Å². The highest BCUT2D eigenvalue weighted by molar-refractivity contribution is 6.04. The molecule has 3 N–H and O–H groups in total. The molecule has 0 unspecified atom stereocenters. The molecule has 110 valence electrons. The van der Waals surface area contributed by atoms with Crippen molar-refractivity contribution >= 4 is 11.8 Å². The Labute approximate surface area is 122 Å². The number of carbonyl (C=O) groups excluding carboxylic acids is 2. The minimum Gasteiger partial charge on any atom is -0.330 e. The van der Waals surface area contributed by atoms with Crippen molar-refractivity contribution < 1.29 is 9.59 Å². The molecule has 0 saturated carbocycles. The van der Waals surface area contributed by atoms with Gasteiger partial charge in [-0.15, -0.1) is 5.10 Å². The van der Waals surface area contributed by atoms with Crippen LogP contribution in [0.2, 0.25) is 0 Å². The lowest BCUT2D eigenvalue weighted by Crippen LogP contribution is -2.33. The van der Waals surface area contributed by atoms with Gasteiger partial charge in [-0.25, -0.2) is 4.68 Å². The molecule has 2 aromatic rings. The second kappa shape index (κ2) is 7.30. The molecule has 0 spiro atoms. The van der Waals surface area contributed by atoms with Gasteiger partial charge in [-0.05, 0) is 31.5 Å². The normalized spacial score (nSPS) is 10.3. The van der Waals surface area contributed by atoms with Crippen LogP contribution >= 0.6 is 0 Å². The van der Waals surface area contributed by atoms with Crippen molar-refractivity contribution in [2.75, 3.05) is 6.54 Å². The summed E-state index contributed by atoms with van der Waals surface area (Å²) in [6, 6.07) is 8.56. The average Bonchev–Trinajstić information content (AvgIpc) is 2.93. The maximum absolute atomic E-state index is 11.8. The van der Waals surface area contributed by atoms with E-state index in [4.69, 9.17) is 5.73 Å². The summed E-state index contributed by atoms with van der Waals surface area (Å²) >= 11 is 0. The molecule has 0 atom stereocenters. The summed E-state index contributed by atoms with van der Waals surface area (Å²) in [5, 5.41) is 10.1. The van der Waals surface area contributed by atoms with Gasteiger partial charge in [0.2, 0.25) is 5.91 Å². The lowest BCUT2D eigenvalue weighted by atomic mass is 10.2. The van der Waals surface area contributed by atoms with Gasteiger partial charge < -0.3 is 5.73 Å². The van der Waals surface area contributed by atoms with E-state index in [1.165, 1.54) is 4.68 Å². The highest BCUT2D eigenvalue weighted by atomic mass is 16.2. The van der Waals surface area contributed by atoms with Crippen LogP contribution in [-0.4, -0.2) is 33.4 Å². The van der Waals surface area contributed by atoms with Crippen LogP contribution in [0.1, 0.15) is 22.5 Å². The number of nitrogens with zero attached hydrogens (tertiary/aromatic N) is 3. The molecule has 0 radical (unpaired) electrons. The topological polar surface area (TPSA) is 103 Å². The minimum atomic E-state index is -0.431. The Hall–Kier alpha value is -2.54. The maximum Gasteiger partial charge on any atom is 0.257 e. The molecule has 0 aliphatic heterocycles. The Morgan fingerprint density at radius 2 is 2.00 bits per heavy atom. The minimum absolute atomic E-state index is 0.0474. The van der Waals surface area contributed by atoms with Gasteiger partial charge in [0, 0.05) is 11.8 Å². The van der Waals surface area contributed by atoms with E-state index in [-0.39, 0.29) is 6.54 Å². The summed E-state index contributed by atoms with van der Waals surface area (Å²) in [7, 11) is 0. The number of amides is 2. The number of imide groups is 1. The van der Waals surface area contributed by atoms with E-state index in [2.05, 4.69) is 15.6 Å². The van der Waals surface area contributed by atoms with Crippen LogP contribution in [0.25, 0.3) is 0 Å². The molecule has 1 heterocycles. The van der Waals surface area contributed by atoms with Crippen LogP contribution in [0.4, 0.5) is 0 Å². The van der Waals surface area contributed by atoms with E-state index in [0.717, 1.165) is 18.5 Å². The van der Waals surface area contributed by atoms with Crippen LogP contribution in [-0.2, 0) is 17.8 Å². The molecule has 0 aliphatic carbocycles.